The molecule has 0 N–H and O–H groups in total. The molecule has 1 saturated heterocycles. The third-order valence-corrected chi connectivity index (χ3v) is 4.90. The summed E-state index contributed by atoms with van der Waals surface area (Å²) in [5, 5.41) is 0. The Bertz CT molecular complexity index is 435. The van der Waals surface area contributed by atoms with Crippen LogP contribution in [0.15, 0.2) is 6.20 Å². The molecule has 0 spiro atoms. The van der Waals surface area contributed by atoms with Crippen LogP contribution in [0.3, 0.4) is 0 Å². The van der Waals surface area contributed by atoms with Gasteiger partial charge in [0.2, 0.25) is 0 Å². The lowest BCUT2D eigenvalue weighted by atomic mass is 9.95. The number of aromatic nitrogens is 2. The zero-order valence-electron chi connectivity index (χ0n) is 12.6. The molecule has 0 amide bonds. The average Bonchev–Trinajstić information content (AvgIpc) is 2.81. The van der Waals surface area contributed by atoms with Gasteiger partial charge < -0.3 is 9.47 Å². The predicted octanol–water partition coefficient (Wildman–Crippen LogP) is 3.05. The molecule has 2 aliphatic heterocycles. The van der Waals surface area contributed by atoms with E-state index in [0.29, 0.717) is 12.0 Å². The van der Waals surface area contributed by atoms with E-state index in [1.165, 1.54) is 56.8 Å². The fraction of sp³-hybridized carbons (Fsp3) is 0.812. The average molecular weight is 261 g/mol. The number of piperidine rings is 1. The number of hydrogen-bond donors (Lipinski definition) is 0. The van der Waals surface area contributed by atoms with Crippen molar-refractivity contribution < 1.29 is 0 Å². The zero-order valence-corrected chi connectivity index (χ0v) is 12.6. The molecule has 0 aliphatic carbocycles. The lowest BCUT2D eigenvalue weighted by Crippen LogP contribution is -2.40. The summed E-state index contributed by atoms with van der Waals surface area (Å²) in [5.74, 6) is 2.83. The van der Waals surface area contributed by atoms with Crippen molar-refractivity contribution in [2.45, 2.75) is 65.0 Å². The Balaban J connectivity index is 1.80. The van der Waals surface area contributed by atoms with Gasteiger partial charge >= 0.3 is 0 Å². The van der Waals surface area contributed by atoms with Crippen molar-refractivity contribution in [2.24, 2.45) is 5.92 Å². The molecule has 0 bridgehead atoms. The fourth-order valence-electron chi connectivity index (χ4n) is 3.65. The standard InChI is InChI=1S/C16H27N3/c1-12(2)18-8-4-5-14(11-18)16-17-9-15-7-6-13(3)10-19(15)16/h9,12-14H,4-8,10-11H2,1-3H3. The van der Waals surface area contributed by atoms with Gasteiger partial charge in [-0.3, -0.25) is 0 Å². The van der Waals surface area contributed by atoms with Crippen LogP contribution in [-0.2, 0) is 13.0 Å². The molecule has 0 aromatic carbocycles. The van der Waals surface area contributed by atoms with Crippen LogP contribution in [0.1, 0.15) is 57.5 Å². The van der Waals surface area contributed by atoms with Gasteiger partial charge in [-0.1, -0.05) is 6.92 Å². The van der Waals surface area contributed by atoms with Gasteiger partial charge in [0.15, 0.2) is 0 Å². The van der Waals surface area contributed by atoms with E-state index in [1.54, 1.807) is 0 Å². The Morgan fingerprint density at radius 1 is 1.26 bits per heavy atom. The summed E-state index contributed by atoms with van der Waals surface area (Å²) in [7, 11) is 0. The molecular weight excluding hydrogens is 234 g/mol. The summed E-state index contributed by atoms with van der Waals surface area (Å²) < 4.78 is 2.53. The topological polar surface area (TPSA) is 21.1 Å². The molecule has 3 nitrogen and oxygen atoms in total. The van der Waals surface area contributed by atoms with E-state index in [1.807, 2.05) is 0 Å². The van der Waals surface area contributed by atoms with E-state index >= 15 is 0 Å². The van der Waals surface area contributed by atoms with E-state index in [4.69, 9.17) is 4.98 Å². The molecule has 3 heteroatoms. The van der Waals surface area contributed by atoms with Crippen molar-refractivity contribution in [3.05, 3.63) is 17.7 Å². The van der Waals surface area contributed by atoms with Crippen LogP contribution in [0.4, 0.5) is 0 Å². The molecule has 2 unspecified atom stereocenters. The third-order valence-electron chi connectivity index (χ3n) is 4.90. The fourth-order valence-corrected chi connectivity index (χ4v) is 3.65. The minimum atomic E-state index is 0.648. The van der Waals surface area contributed by atoms with E-state index in [2.05, 4.69) is 36.4 Å². The van der Waals surface area contributed by atoms with Crippen molar-refractivity contribution in [2.75, 3.05) is 13.1 Å². The maximum Gasteiger partial charge on any atom is 0.113 e. The van der Waals surface area contributed by atoms with Gasteiger partial charge in [0.05, 0.1) is 0 Å². The summed E-state index contributed by atoms with van der Waals surface area (Å²) in [6, 6.07) is 0.664. The van der Waals surface area contributed by atoms with Crippen LogP contribution in [0.2, 0.25) is 0 Å². The van der Waals surface area contributed by atoms with Crippen LogP contribution in [0.25, 0.3) is 0 Å². The highest BCUT2D eigenvalue weighted by atomic mass is 15.2. The highest BCUT2D eigenvalue weighted by Crippen LogP contribution is 2.30. The van der Waals surface area contributed by atoms with E-state index < -0.39 is 0 Å². The molecule has 0 radical (unpaired) electrons. The summed E-state index contributed by atoms with van der Waals surface area (Å²) in [4.78, 5) is 7.40. The van der Waals surface area contributed by atoms with Gasteiger partial charge in [-0.15, -0.1) is 0 Å². The van der Waals surface area contributed by atoms with E-state index in [0.717, 1.165) is 5.92 Å². The van der Waals surface area contributed by atoms with Crippen molar-refractivity contribution in [3.63, 3.8) is 0 Å². The molecule has 2 aliphatic rings. The third kappa shape index (κ3) is 2.58. The molecule has 1 aromatic rings. The zero-order chi connectivity index (χ0) is 13.4. The van der Waals surface area contributed by atoms with Crippen molar-refractivity contribution in [3.8, 4) is 0 Å². The summed E-state index contributed by atoms with van der Waals surface area (Å²) in [5.41, 5.74) is 1.47. The maximum atomic E-state index is 4.79. The second kappa shape index (κ2) is 5.28. The highest BCUT2D eigenvalue weighted by molar-refractivity contribution is 5.13. The van der Waals surface area contributed by atoms with E-state index in [9.17, 15) is 0 Å². The molecule has 19 heavy (non-hydrogen) atoms. The molecule has 3 rings (SSSR count). The van der Waals surface area contributed by atoms with Crippen molar-refractivity contribution in [1.82, 2.24) is 14.5 Å². The van der Waals surface area contributed by atoms with Gasteiger partial charge in [-0.25, -0.2) is 4.98 Å². The summed E-state index contributed by atoms with van der Waals surface area (Å²) >= 11 is 0. The SMILES string of the molecule is CC1CCc2cnc(C3CCCN(C(C)C)C3)n2C1. The molecule has 1 aromatic heterocycles. The number of rotatable bonds is 2. The number of aryl methyl sites for hydroxylation is 1. The first kappa shape index (κ1) is 13.2. The lowest BCUT2D eigenvalue weighted by Gasteiger charge is -2.36. The molecule has 3 heterocycles. The number of likely N-dealkylation sites (tertiary alicyclic amines) is 1. The van der Waals surface area contributed by atoms with Gasteiger partial charge in [0, 0.05) is 36.9 Å². The highest BCUT2D eigenvalue weighted by Gasteiger charge is 2.28. The number of imidazole rings is 1. The first-order valence-corrected chi connectivity index (χ1v) is 7.93. The molecule has 0 saturated carbocycles. The Labute approximate surface area is 117 Å². The van der Waals surface area contributed by atoms with Gasteiger partial charge in [-0.2, -0.15) is 0 Å². The smallest absolute Gasteiger partial charge is 0.113 e. The predicted molar refractivity (Wildman–Crippen MR) is 78.4 cm³/mol. The van der Waals surface area contributed by atoms with Crippen LogP contribution in [0.5, 0.6) is 0 Å². The molecule has 106 valence electrons. The Morgan fingerprint density at radius 2 is 2.11 bits per heavy atom. The minimum absolute atomic E-state index is 0.648. The first-order chi connectivity index (χ1) is 9.15. The number of hydrogen-bond acceptors (Lipinski definition) is 2. The monoisotopic (exact) mass is 261 g/mol. The second-order valence-electron chi connectivity index (χ2n) is 6.79. The van der Waals surface area contributed by atoms with E-state index in [-0.39, 0.29) is 0 Å². The minimum Gasteiger partial charge on any atom is -0.332 e. The van der Waals surface area contributed by atoms with Crippen LogP contribution >= 0.6 is 0 Å². The molecular formula is C16H27N3. The largest absolute Gasteiger partial charge is 0.332 e. The maximum absolute atomic E-state index is 4.79. The van der Waals surface area contributed by atoms with Crippen LogP contribution < -0.4 is 0 Å². The second-order valence-corrected chi connectivity index (χ2v) is 6.79. The Morgan fingerprint density at radius 3 is 2.89 bits per heavy atom. The quantitative estimate of drug-likeness (QED) is 0.816. The number of nitrogens with zero attached hydrogens (tertiary/aromatic N) is 3. The van der Waals surface area contributed by atoms with Gasteiger partial charge in [0.25, 0.3) is 0 Å². The van der Waals surface area contributed by atoms with Crippen LogP contribution in [0, 0.1) is 5.92 Å². The van der Waals surface area contributed by atoms with Gasteiger partial charge in [-0.05, 0) is 52.0 Å². The summed E-state index contributed by atoms with van der Waals surface area (Å²) in [6.45, 7) is 10.6. The summed E-state index contributed by atoms with van der Waals surface area (Å²) in [6.07, 6.45) is 7.31. The molecule has 1 fully saturated rings. The Hall–Kier alpha value is -0.830. The Kier molecular flexibility index (Phi) is 3.66. The van der Waals surface area contributed by atoms with Crippen LogP contribution in [-0.4, -0.2) is 33.6 Å². The molecule has 2 atom stereocenters. The van der Waals surface area contributed by atoms with Crippen molar-refractivity contribution in [1.29, 1.82) is 0 Å². The van der Waals surface area contributed by atoms with Crippen molar-refractivity contribution >= 4 is 0 Å². The number of fused-ring (bicyclic) bond motifs is 1. The first-order valence-electron chi connectivity index (χ1n) is 7.93. The lowest BCUT2D eigenvalue weighted by molar-refractivity contribution is 0.162. The normalized spacial score (nSPS) is 28.6. The van der Waals surface area contributed by atoms with Gasteiger partial charge in [0.1, 0.15) is 5.82 Å².